The molecule has 1 atom stereocenters. The van der Waals surface area contributed by atoms with Crippen molar-refractivity contribution in [2.45, 2.75) is 44.7 Å². The van der Waals surface area contributed by atoms with Crippen molar-refractivity contribution < 1.29 is 0 Å². The second kappa shape index (κ2) is 7.52. The molecule has 2 rings (SSSR count). The van der Waals surface area contributed by atoms with Crippen molar-refractivity contribution in [3.8, 4) is 0 Å². The van der Waals surface area contributed by atoms with Crippen molar-refractivity contribution in [2.75, 3.05) is 13.1 Å². The smallest absolute Gasteiger partial charge is 0.0327 e. The Morgan fingerprint density at radius 1 is 1.47 bits per heavy atom. The van der Waals surface area contributed by atoms with E-state index in [1.807, 2.05) is 11.3 Å². The number of hydrogen-bond acceptors (Lipinski definition) is 3. The van der Waals surface area contributed by atoms with Crippen LogP contribution in [0.15, 0.2) is 15.9 Å². The van der Waals surface area contributed by atoms with E-state index < -0.39 is 0 Å². The van der Waals surface area contributed by atoms with E-state index in [2.05, 4.69) is 38.0 Å². The van der Waals surface area contributed by atoms with Gasteiger partial charge < -0.3 is 10.6 Å². The topological polar surface area (TPSA) is 24.1 Å². The fourth-order valence-electron chi connectivity index (χ4n) is 2.30. The summed E-state index contributed by atoms with van der Waals surface area (Å²) in [6.07, 6.45) is 6.74. The largest absolute Gasteiger partial charge is 0.314 e. The Hall–Kier alpha value is 0.1000. The molecule has 0 aromatic carbocycles. The molecular weight excluding hydrogens is 296 g/mol. The molecule has 1 saturated heterocycles. The molecule has 0 aliphatic carbocycles. The van der Waals surface area contributed by atoms with Gasteiger partial charge >= 0.3 is 0 Å². The van der Waals surface area contributed by atoms with E-state index in [-0.39, 0.29) is 0 Å². The van der Waals surface area contributed by atoms with Crippen LogP contribution in [0.5, 0.6) is 0 Å². The van der Waals surface area contributed by atoms with Crippen LogP contribution in [-0.4, -0.2) is 19.1 Å². The van der Waals surface area contributed by atoms with Crippen molar-refractivity contribution in [1.29, 1.82) is 0 Å². The summed E-state index contributed by atoms with van der Waals surface area (Å²) >= 11 is 5.37. The van der Waals surface area contributed by atoms with Crippen LogP contribution in [-0.2, 0) is 6.54 Å². The minimum absolute atomic E-state index is 0.777. The molecule has 0 saturated carbocycles. The Balaban J connectivity index is 1.53. The van der Waals surface area contributed by atoms with Crippen LogP contribution >= 0.6 is 27.3 Å². The van der Waals surface area contributed by atoms with Crippen molar-refractivity contribution in [2.24, 2.45) is 0 Å². The molecule has 0 amide bonds. The van der Waals surface area contributed by atoms with Gasteiger partial charge in [0.25, 0.3) is 0 Å². The minimum Gasteiger partial charge on any atom is -0.314 e. The summed E-state index contributed by atoms with van der Waals surface area (Å²) in [7, 11) is 0. The zero-order valence-corrected chi connectivity index (χ0v) is 12.6. The number of thiophene rings is 1. The predicted octanol–water partition coefficient (Wildman–Crippen LogP) is 3.52. The van der Waals surface area contributed by atoms with Gasteiger partial charge in [-0.15, -0.1) is 11.3 Å². The molecule has 1 aromatic rings. The monoisotopic (exact) mass is 316 g/mol. The zero-order valence-electron chi connectivity index (χ0n) is 10.2. The molecule has 1 unspecified atom stereocenters. The number of piperidine rings is 1. The van der Waals surface area contributed by atoms with Crippen molar-refractivity contribution >= 4 is 27.3 Å². The van der Waals surface area contributed by atoms with Crippen LogP contribution in [0.25, 0.3) is 0 Å². The minimum atomic E-state index is 0.777. The zero-order chi connectivity index (χ0) is 11.9. The molecular formula is C13H21BrN2S. The number of rotatable bonds is 6. The average molecular weight is 317 g/mol. The number of nitrogens with one attached hydrogen (secondary N) is 2. The summed E-state index contributed by atoms with van der Waals surface area (Å²) in [4.78, 5) is 1.40. The van der Waals surface area contributed by atoms with Crippen LogP contribution in [0, 0.1) is 0 Å². The molecule has 4 heteroatoms. The molecule has 0 bridgehead atoms. The van der Waals surface area contributed by atoms with E-state index in [1.54, 1.807) is 0 Å². The molecule has 0 radical (unpaired) electrons. The first kappa shape index (κ1) is 13.5. The molecule has 17 heavy (non-hydrogen) atoms. The van der Waals surface area contributed by atoms with Gasteiger partial charge in [-0.3, -0.25) is 0 Å². The van der Waals surface area contributed by atoms with Gasteiger partial charge in [0.1, 0.15) is 0 Å². The van der Waals surface area contributed by atoms with E-state index >= 15 is 0 Å². The predicted molar refractivity (Wildman–Crippen MR) is 78.6 cm³/mol. The highest BCUT2D eigenvalue weighted by molar-refractivity contribution is 9.10. The van der Waals surface area contributed by atoms with Gasteiger partial charge in [-0.05, 0) is 66.1 Å². The summed E-state index contributed by atoms with van der Waals surface area (Å²) in [5, 5.41) is 9.25. The lowest BCUT2D eigenvalue weighted by molar-refractivity contribution is 0.373. The van der Waals surface area contributed by atoms with E-state index in [0.717, 1.165) is 19.1 Å². The third kappa shape index (κ3) is 4.70. The third-order valence-corrected chi connectivity index (χ3v) is 5.22. The van der Waals surface area contributed by atoms with Gasteiger partial charge in [-0.2, -0.15) is 0 Å². The van der Waals surface area contributed by atoms with Gasteiger partial charge in [-0.25, -0.2) is 0 Å². The molecule has 1 aliphatic rings. The van der Waals surface area contributed by atoms with Gasteiger partial charge in [0.15, 0.2) is 0 Å². The van der Waals surface area contributed by atoms with Crippen molar-refractivity contribution in [3.05, 3.63) is 20.8 Å². The first-order chi connectivity index (χ1) is 8.36. The molecule has 1 aliphatic heterocycles. The molecule has 1 fully saturated rings. The lowest BCUT2D eigenvalue weighted by Gasteiger charge is -2.23. The Labute approximate surface area is 116 Å². The standard InChI is InChI=1S/C13H21BrN2S/c14-12-6-9-17-13(12)10-15-7-3-5-11-4-1-2-8-16-11/h6,9,11,15-16H,1-5,7-8,10H2. The maximum absolute atomic E-state index is 3.60. The fraction of sp³-hybridized carbons (Fsp3) is 0.692. The summed E-state index contributed by atoms with van der Waals surface area (Å²) < 4.78 is 1.24. The molecule has 2 nitrogen and oxygen atoms in total. The average Bonchev–Trinajstić information content (AvgIpc) is 2.76. The summed E-state index contributed by atoms with van der Waals surface area (Å²) in [6.45, 7) is 3.35. The van der Waals surface area contributed by atoms with Crippen LogP contribution in [0.4, 0.5) is 0 Å². The maximum atomic E-state index is 3.60. The first-order valence-electron chi connectivity index (χ1n) is 6.52. The molecule has 0 spiro atoms. The van der Waals surface area contributed by atoms with Gasteiger partial charge in [0, 0.05) is 21.9 Å². The Morgan fingerprint density at radius 2 is 2.41 bits per heavy atom. The summed E-state index contributed by atoms with van der Waals surface area (Å²) in [5.41, 5.74) is 0. The summed E-state index contributed by atoms with van der Waals surface area (Å²) in [5.74, 6) is 0. The Bertz CT molecular complexity index is 321. The van der Waals surface area contributed by atoms with E-state index in [1.165, 1.54) is 48.0 Å². The highest BCUT2D eigenvalue weighted by Crippen LogP contribution is 2.22. The van der Waals surface area contributed by atoms with Crippen molar-refractivity contribution in [1.82, 2.24) is 10.6 Å². The normalized spacial score (nSPS) is 20.6. The second-order valence-electron chi connectivity index (χ2n) is 4.66. The van der Waals surface area contributed by atoms with E-state index in [0.29, 0.717) is 0 Å². The third-order valence-electron chi connectivity index (χ3n) is 3.30. The lowest BCUT2D eigenvalue weighted by Crippen LogP contribution is -2.34. The van der Waals surface area contributed by atoms with Crippen LogP contribution in [0.1, 0.15) is 37.0 Å². The molecule has 1 aromatic heterocycles. The van der Waals surface area contributed by atoms with Gasteiger partial charge in [0.05, 0.1) is 0 Å². The van der Waals surface area contributed by atoms with Crippen LogP contribution in [0.2, 0.25) is 0 Å². The number of halogens is 1. The second-order valence-corrected chi connectivity index (χ2v) is 6.51. The quantitative estimate of drug-likeness (QED) is 0.785. The molecule has 2 heterocycles. The molecule has 96 valence electrons. The van der Waals surface area contributed by atoms with Gasteiger partial charge in [-0.1, -0.05) is 6.42 Å². The van der Waals surface area contributed by atoms with E-state index in [4.69, 9.17) is 0 Å². The first-order valence-corrected chi connectivity index (χ1v) is 8.19. The van der Waals surface area contributed by atoms with Crippen LogP contribution in [0.3, 0.4) is 0 Å². The van der Waals surface area contributed by atoms with Crippen molar-refractivity contribution in [3.63, 3.8) is 0 Å². The Kier molecular flexibility index (Phi) is 5.98. The lowest BCUT2D eigenvalue weighted by atomic mass is 10.0. The fourth-order valence-corrected chi connectivity index (χ4v) is 3.76. The maximum Gasteiger partial charge on any atom is 0.0327 e. The number of hydrogen-bond donors (Lipinski definition) is 2. The highest BCUT2D eigenvalue weighted by Gasteiger charge is 2.11. The van der Waals surface area contributed by atoms with Crippen LogP contribution < -0.4 is 10.6 Å². The summed E-state index contributed by atoms with van der Waals surface area (Å²) in [6, 6.07) is 2.90. The molecule has 2 N–H and O–H groups in total. The van der Waals surface area contributed by atoms with E-state index in [9.17, 15) is 0 Å². The van der Waals surface area contributed by atoms with Gasteiger partial charge in [0.2, 0.25) is 0 Å². The Morgan fingerprint density at radius 3 is 3.12 bits per heavy atom. The highest BCUT2D eigenvalue weighted by atomic mass is 79.9. The SMILES string of the molecule is Brc1ccsc1CNCCCC1CCCCN1.